The molecule has 0 spiro atoms. The maximum Gasteiger partial charge on any atom is 0.330 e. The van der Waals surface area contributed by atoms with Gasteiger partial charge in [-0.15, -0.1) is 0 Å². The van der Waals surface area contributed by atoms with Crippen LogP contribution in [-0.4, -0.2) is 37.6 Å². The molecular formula is C12H16F4N2O. The molecule has 1 atom stereocenters. The fraction of sp³-hybridized carbons (Fsp3) is 0.583. The summed E-state index contributed by atoms with van der Waals surface area (Å²) in [4.78, 5) is 4.07. The van der Waals surface area contributed by atoms with E-state index < -0.39 is 19.0 Å². The number of halogens is 4. The summed E-state index contributed by atoms with van der Waals surface area (Å²) in [7, 11) is 1.62. The van der Waals surface area contributed by atoms with E-state index in [4.69, 9.17) is 0 Å². The third kappa shape index (κ3) is 4.76. The summed E-state index contributed by atoms with van der Waals surface area (Å²) in [6, 6.07) is 3.17. The Morgan fingerprint density at radius 3 is 2.53 bits per heavy atom. The van der Waals surface area contributed by atoms with Gasteiger partial charge in [0.2, 0.25) is 0 Å². The van der Waals surface area contributed by atoms with Gasteiger partial charge in [-0.2, -0.15) is 8.78 Å². The number of alkyl halides is 4. The van der Waals surface area contributed by atoms with Crippen molar-refractivity contribution in [3.05, 3.63) is 29.6 Å². The molecule has 0 aliphatic heterocycles. The first-order valence-electron chi connectivity index (χ1n) is 5.70. The first-order valence-corrected chi connectivity index (χ1v) is 5.70. The quantitative estimate of drug-likeness (QED) is 0.779. The van der Waals surface area contributed by atoms with E-state index in [9.17, 15) is 17.6 Å². The van der Waals surface area contributed by atoms with E-state index in [2.05, 4.69) is 15.0 Å². The topological polar surface area (TPSA) is 34.1 Å². The van der Waals surface area contributed by atoms with E-state index in [-0.39, 0.29) is 12.6 Å². The van der Waals surface area contributed by atoms with E-state index >= 15 is 0 Å². The van der Waals surface area contributed by atoms with Crippen LogP contribution in [0.25, 0.3) is 0 Å². The average molecular weight is 280 g/mol. The summed E-state index contributed by atoms with van der Waals surface area (Å²) < 4.78 is 53.8. The number of likely N-dealkylation sites (N-methyl/N-ethyl adjacent to an activating group) is 1. The lowest BCUT2D eigenvalue weighted by Crippen LogP contribution is -2.34. The van der Waals surface area contributed by atoms with Crippen molar-refractivity contribution in [3.63, 3.8) is 0 Å². The molecule has 0 fully saturated rings. The second kappa shape index (κ2) is 6.81. The number of nitrogens with zero attached hydrogens (tertiary/aromatic N) is 1. The van der Waals surface area contributed by atoms with Gasteiger partial charge in [0.05, 0.1) is 12.6 Å². The molecule has 0 bridgehead atoms. The normalized spacial score (nSPS) is 13.8. The third-order valence-corrected chi connectivity index (χ3v) is 2.58. The van der Waals surface area contributed by atoms with E-state index in [0.29, 0.717) is 0 Å². The van der Waals surface area contributed by atoms with Gasteiger partial charge in [0.25, 0.3) is 0 Å². The highest BCUT2D eigenvalue weighted by Crippen LogP contribution is 2.23. The zero-order valence-corrected chi connectivity index (χ0v) is 10.7. The molecular weight excluding hydrogens is 264 g/mol. The lowest BCUT2D eigenvalue weighted by Gasteiger charge is -2.19. The van der Waals surface area contributed by atoms with E-state index in [0.717, 1.165) is 11.3 Å². The molecule has 1 aromatic rings. The second-order valence-electron chi connectivity index (χ2n) is 4.15. The predicted octanol–water partition coefficient (Wildman–Crippen LogP) is 2.57. The molecule has 108 valence electrons. The maximum absolute atomic E-state index is 12.6. The molecule has 0 radical (unpaired) electrons. The zero-order valence-electron chi connectivity index (χ0n) is 10.7. The van der Waals surface area contributed by atoms with Gasteiger partial charge in [-0.1, -0.05) is 6.07 Å². The highest BCUT2D eigenvalue weighted by atomic mass is 19.3. The summed E-state index contributed by atoms with van der Waals surface area (Å²) >= 11 is 0. The molecule has 1 aromatic heterocycles. The molecule has 0 amide bonds. The van der Waals surface area contributed by atoms with Gasteiger partial charge in [-0.05, 0) is 25.6 Å². The van der Waals surface area contributed by atoms with Gasteiger partial charge in [0.1, 0.15) is 6.61 Å². The van der Waals surface area contributed by atoms with E-state index in [1.807, 2.05) is 6.92 Å². The van der Waals surface area contributed by atoms with Gasteiger partial charge in [-0.25, -0.2) is 8.78 Å². The summed E-state index contributed by atoms with van der Waals surface area (Å²) in [6.07, 6.45) is -2.13. The smallest absolute Gasteiger partial charge is 0.330 e. The minimum Gasteiger partial charge on any atom is -0.373 e. The molecule has 0 saturated carbocycles. The standard InChI is InChI=1S/C12H16F4N2O/c1-8-3-4-9(5-18-8)10(17-2)6-19-7-12(15,16)11(13)14/h3-5,10-11,17H,6-7H2,1-2H3. The molecule has 1 unspecified atom stereocenters. The number of aromatic nitrogens is 1. The Morgan fingerprint density at radius 2 is 2.05 bits per heavy atom. The van der Waals surface area contributed by atoms with Crippen LogP contribution in [0.2, 0.25) is 0 Å². The van der Waals surface area contributed by atoms with Crippen molar-refractivity contribution in [2.45, 2.75) is 25.3 Å². The van der Waals surface area contributed by atoms with Crippen LogP contribution in [0.3, 0.4) is 0 Å². The first kappa shape index (κ1) is 15.8. The Balaban J connectivity index is 2.52. The minimum absolute atomic E-state index is 0.135. The number of aryl methyl sites for hydroxylation is 1. The van der Waals surface area contributed by atoms with Crippen molar-refractivity contribution < 1.29 is 22.3 Å². The van der Waals surface area contributed by atoms with Crippen LogP contribution in [0.4, 0.5) is 17.6 Å². The number of rotatable bonds is 7. The number of ether oxygens (including phenoxy) is 1. The Labute approximate surface area is 109 Å². The van der Waals surface area contributed by atoms with E-state index in [1.165, 1.54) is 0 Å². The molecule has 1 rings (SSSR count). The largest absolute Gasteiger partial charge is 0.373 e. The molecule has 1 N–H and O–H groups in total. The predicted molar refractivity (Wildman–Crippen MR) is 62.5 cm³/mol. The number of hydrogen-bond donors (Lipinski definition) is 1. The van der Waals surface area contributed by atoms with Crippen molar-refractivity contribution in [3.8, 4) is 0 Å². The summed E-state index contributed by atoms with van der Waals surface area (Å²) in [5.74, 6) is -4.12. The van der Waals surface area contributed by atoms with E-state index in [1.54, 1.807) is 25.4 Å². The minimum atomic E-state index is -4.12. The van der Waals surface area contributed by atoms with Crippen LogP contribution in [-0.2, 0) is 4.74 Å². The molecule has 19 heavy (non-hydrogen) atoms. The van der Waals surface area contributed by atoms with Gasteiger partial charge >= 0.3 is 12.3 Å². The number of hydrogen-bond acceptors (Lipinski definition) is 3. The highest BCUT2D eigenvalue weighted by Gasteiger charge is 2.41. The number of pyridine rings is 1. The molecule has 7 heteroatoms. The SMILES string of the molecule is CNC(COCC(F)(F)C(F)F)c1ccc(C)nc1. The summed E-state index contributed by atoms with van der Waals surface area (Å²) in [5, 5.41) is 2.86. The van der Waals surface area contributed by atoms with Crippen LogP contribution in [0, 0.1) is 6.92 Å². The Morgan fingerprint density at radius 1 is 1.37 bits per heavy atom. The van der Waals surface area contributed by atoms with Crippen LogP contribution < -0.4 is 5.32 Å². The van der Waals surface area contributed by atoms with Crippen LogP contribution in [0.1, 0.15) is 17.3 Å². The lowest BCUT2D eigenvalue weighted by molar-refractivity contribution is -0.167. The molecule has 1 heterocycles. The highest BCUT2D eigenvalue weighted by molar-refractivity contribution is 5.17. The monoisotopic (exact) mass is 280 g/mol. The number of nitrogens with one attached hydrogen (secondary N) is 1. The first-order chi connectivity index (χ1) is 8.86. The second-order valence-corrected chi connectivity index (χ2v) is 4.15. The summed E-state index contributed by atoms with van der Waals surface area (Å²) in [5.41, 5.74) is 1.57. The molecule has 3 nitrogen and oxygen atoms in total. The Kier molecular flexibility index (Phi) is 5.68. The maximum atomic E-state index is 12.6. The van der Waals surface area contributed by atoms with Crippen LogP contribution >= 0.6 is 0 Å². The van der Waals surface area contributed by atoms with Crippen molar-refractivity contribution in [2.75, 3.05) is 20.3 Å². The van der Waals surface area contributed by atoms with Gasteiger partial charge in [0.15, 0.2) is 0 Å². The Bertz CT molecular complexity index is 384. The van der Waals surface area contributed by atoms with Crippen LogP contribution in [0.5, 0.6) is 0 Å². The van der Waals surface area contributed by atoms with Gasteiger partial charge < -0.3 is 10.1 Å². The average Bonchev–Trinajstić information content (AvgIpc) is 2.36. The van der Waals surface area contributed by atoms with Crippen LogP contribution in [0.15, 0.2) is 18.3 Å². The van der Waals surface area contributed by atoms with Gasteiger partial charge in [0, 0.05) is 11.9 Å². The Hall–Kier alpha value is -1.21. The van der Waals surface area contributed by atoms with Crippen molar-refractivity contribution in [1.29, 1.82) is 0 Å². The van der Waals surface area contributed by atoms with Gasteiger partial charge in [-0.3, -0.25) is 4.98 Å². The molecule has 0 aromatic carbocycles. The van der Waals surface area contributed by atoms with Crippen molar-refractivity contribution in [2.24, 2.45) is 0 Å². The lowest BCUT2D eigenvalue weighted by atomic mass is 10.1. The molecule has 0 saturated heterocycles. The fourth-order valence-electron chi connectivity index (χ4n) is 1.41. The third-order valence-electron chi connectivity index (χ3n) is 2.58. The molecule has 0 aliphatic carbocycles. The molecule has 0 aliphatic rings. The fourth-order valence-corrected chi connectivity index (χ4v) is 1.41. The van der Waals surface area contributed by atoms with Crippen molar-refractivity contribution in [1.82, 2.24) is 10.3 Å². The zero-order chi connectivity index (χ0) is 14.5. The van der Waals surface area contributed by atoms with Crippen molar-refractivity contribution >= 4 is 0 Å². The summed E-state index contributed by atoms with van der Waals surface area (Å²) in [6.45, 7) is 0.379.